The molecule has 0 spiro atoms. The minimum absolute atomic E-state index is 0.0762. The predicted molar refractivity (Wildman–Crippen MR) is 146 cm³/mol. The number of ether oxygens (including phenoxy) is 1. The fourth-order valence-corrected chi connectivity index (χ4v) is 6.74. The second kappa shape index (κ2) is 9.89. The van der Waals surface area contributed by atoms with Crippen molar-refractivity contribution in [2.24, 2.45) is 0 Å². The van der Waals surface area contributed by atoms with Crippen molar-refractivity contribution in [1.29, 1.82) is 0 Å². The average Bonchev–Trinajstić information content (AvgIpc) is 3.51. The Balaban J connectivity index is 1.07. The van der Waals surface area contributed by atoms with Gasteiger partial charge in [-0.25, -0.2) is 9.78 Å². The summed E-state index contributed by atoms with van der Waals surface area (Å²) in [6.45, 7) is 1.68. The van der Waals surface area contributed by atoms with Crippen molar-refractivity contribution >= 4 is 40.6 Å². The van der Waals surface area contributed by atoms with E-state index in [2.05, 4.69) is 53.9 Å². The Labute approximate surface area is 224 Å². The molecular weight excluding hydrogens is 511 g/mol. The monoisotopic (exact) mass is 534 g/mol. The number of aromatic nitrogens is 1. The summed E-state index contributed by atoms with van der Waals surface area (Å²) < 4.78 is 5.85. The number of hydrogen-bond acceptors (Lipinski definition) is 4. The van der Waals surface area contributed by atoms with Crippen molar-refractivity contribution in [3.8, 4) is 21.7 Å². The fraction of sp³-hybridized carbons (Fsp3) is 0.241. The number of rotatable bonds is 4. The SMILES string of the molecule is O=C(OCC1c2ccccc2-c2ccccc21)N1CCC(c2csc(-c3cc(Cl)cc(Cl)c3)n2)CC1. The summed E-state index contributed by atoms with van der Waals surface area (Å²) in [5, 5.41) is 4.22. The van der Waals surface area contributed by atoms with Gasteiger partial charge in [0.05, 0.1) is 5.69 Å². The van der Waals surface area contributed by atoms with Gasteiger partial charge in [-0.15, -0.1) is 11.3 Å². The third kappa shape index (κ3) is 4.52. The molecule has 0 radical (unpaired) electrons. The van der Waals surface area contributed by atoms with Crippen LogP contribution in [0.2, 0.25) is 10.0 Å². The number of hydrogen-bond donors (Lipinski definition) is 0. The van der Waals surface area contributed by atoms with E-state index in [0.717, 1.165) is 29.1 Å². The number of piperidine rings is 1. The van der Waals surface area contributed by atoms with Gasteiger partial charge in [-0.2, -0.15) is 0 Å². The van der Waals surface area contributed by atoms with Gasteiger partial charge in [-0.3, -0.25) is 0 Å². The first-order valence-electron chi connectivity index (χ1n) is 12.1. The number of carbonyl (C=O) groups is 1. The highest BCUT2D eigenvalue weighted by Gasteiger charge is 2.31. The van der Waals surface area contributed by atoms with Crippen LogP contribution >= 0.6 is 34.5 Å². The molecule has 1 fully saturated rings. The second-order valence-corrected chi connectivity index (χ2v) is 11.0. The van der Waals surface area contributed by atoms with Crippen LogP contribution in [0.1, 0.15) is 41.5 Å². The number of thiazole rings is 1. The summed E-state index contributed by atoms with van der Waals surface area (Å²) >= 11 is 13.9. The number of carbonyl (C=O) groups excluding carboxylic acids is 1. The highest BCUT2D eigenvalue weighted by atomic mass is 35.5. The quantitative estimate of drug-likeness (QED) is 0.264. The number of fused-ring (bicyclic) bond motifs is 3. The van der Waals surface area contributed by atoms with Gasteiger partial charge in [0, 0.05) is 45.9 Å². The topological polar surface area (TPSA) is 42.4 Å². The van der Waals surface area contributed by atoms with Crippen LogP contribution in [0.15, 0.2) is 72.1 Å². The molecule has 0 unspecified atom stereocenters. The highest BCUT2D eigenvalue weighted by molar-refractivity contribution is 7.13. The molecule has 2 aliphatic rings. The Kier molecular flexibility index (Phi) is 6.46. The van der Waals surface area contributed by atoms with Crippen LogP contribution in [0, 0.1) is 0 Å². The van der Waals surface area contributed by atoms with Crippen LogP contribution in [-0.2, 0) is 4.74 Å². The van der Waals surface area contributed by atoms with Gasteiger partial charge in [0.25, 0.3) is 0 Å². The van der Waals surface area contributed by atoms with E-state index in [1.165, 1.54) is 22.3 Å². The second-order valence-electron chi connectivity index (χ2n) is 9.30. The van der Waals surface area contributed by atoms with Crippen LogP contribution in [0.3, 0.4) is 0 Å². The van der Waals surface area contributed by atoms with Gasteiger partial charge < -0.3 is 9.64 Å². The first-order chi connectivity index (χ1) is 17.6. The van der Waals surface area contributed by atoms with E-state index in [4.69, 9.17) is 32.9 Å². The van der Waals surface area contributed by atoms with Crippen LogP contribution < -0.4 is 0 Å². The van der Waals surface area contributed by atoms with E-state index in [1.54, 1.807) is 17.4 Å². The van der Waals surface area contributed by atoms with E-state index in [-0.39, 0.29) is 12.0 Å². The summed E-state index contributed by atoms with van der Waals surface area (Å²) in [6, 6.07) is 22.3. The summed E-state index contributed by atoms with van der Waals surface area (Å²) in [7, 11) is 0. The van der Waals surface area contributed by atoms with E-state index in [9.17, 15) is 4.79 Å². The molecular formula is C29H24Cl2N2O2S. The molecule has 4 nitrogen and oxygen atoms in total. The number of nitrogens with zero attached hydrogens (tertiary/aromatic N) is 2. The summed E-state index contributed by atoms with van der Waals surface area (Å²) in [4.78, 5) is 19.6. The largest absolute Gasteiger partial charge is 0.448 e. The van der Waals surface area contributed by atoms with E-state index in [1.807, 2.05) is 17.0 Å². The Hall–Kier alpha value is -2.86. The molecule has 182 valence electrons. The van der Waals surface area contributed by atoms with Crippen LogP contribution in [0.4, 0.5) is 4.79 Å². The van der Waals surface area contributed by atoms with Crippen LogP contribution in [0.5, 0.6) is 0 Å². The summed E-state index contributed by atoms with van der Waals surface area (Å²) in [5.74, 6) is 0.398. The zero-order valence-corrected chi connectivity index (χ0v) is 21.8. The lowest BCUT2D eigenvalue weighted by Gasteiger charge is -2.31. The molecule has 0 saturated carbocycles. The zero-order chi connectivity index (χ0) is 24.6. The number of likely N-dealkylation sites (tertiary alicyclic amines) is 1. The van der Waals surface area contributed by atoms with Crippen LogP contribution in [0.25, 0.3) is 21.7 Å². The molecule has 0 atom stereocenters. The normalized spacial score (nSPS) is 15.6. The molecule has 1 aliphatic carbocycles. The summed E-state index contributed by atoms with van der Waals surface area (Å²) in [6.07, 6.45) is 1.50. The molecule has 7 heteroatoms. The molecule has 4 aromatic rings. The van der Waals surface area contributed by atoms with Gasteiger partial charge in [-0.1, -0.05) is 71.7 Å². The predicted octanol–water partition coefficient (Wildman–Crippen LogP) is 8.25. The number of benzene rings is 3. The Morgan fingerprint density at radius 3 is 2.19 bits per heavy atom. The lowest BCUT2D eigenvalue weighted by atomic mass is 9.94. The lowest BCUT2D eigenvalue weighted by molar-refractivity contribution is 0.0902. The number of amides is 1. The molecule has 1 amide bonds. The highest BCUT2D eigenvalue weighted by Crippen LogP contribution is 2.44. The van der Waals surface area contributed by atoms with Gasteiger partial charge in [0.15, 0.2) is 0 Å². The minimum Gasteiger partial charge on any atom is -0.448 e. The van der Waals surface area contributed by atoms with Crippen molar-refractivity contribution in [2.45, 2.75) is 24.7 Å². The molecule has 1 aliphatic heterocycles. The Morgan fingerprint density at radius 2 is 1.56 bits per heavy atom. The molecule has 0 N–H and O–H groups in total. The van der Waals surface area contributed by atoms with Gasteiger partial charge in [0.1, 0.15) is 11.6 Å². The van der Waals surface area contributed by atoms with Crippen molar-refractivity contribution < 1.29 is 9.53 Å². The maximum Gasteiger partial charge on any atom is 0.409 e. The fourth-order valence-electron chi connectivity index (χ4n) is 5.33. The molecule has 6 rings (SSSR count). The molecule has 36 heavy (non-hydrogen) atoms. The average molecular weight is 535 g/mol. The maximum atomic E-state index is 12.9. The molecule has 1 aromatic heterocycles. The Bertz CT molecular complexity index is 1360. The molecule has 0 bridgehead atoms. The zero-order valence-electron chi connectivity index (χ0n) is 19.5. The summed E-state index contributed by atoms with van der Waals surface area (Å²) in [5.41, 5.74) is 6.92. The van der Waals surface area contributed by atoms with Gasteiger partial charge in [-0.05, 0) is 53.3 Å². The van der Waals surface area contributed by atoms with E-state index in [0.29, 0.717) is 35.7 Å². The standard InChI is InChI=1S/C29H24Cl2N2O2S/c30-20-13-19(14-21(31)15-20)28-32-27(17-36-28)18-9-11-33(12-10-18)29(34)35-16-26-24-7-3-1-5-22(24)23-6-2-4-8-25(23)26/h1-8,13-15,17-18,26H,9-12,16H2. The van der Waals surface area contributed by atoms with Crippen molar-refractivity contribution in [2.75, 3.05) is 19.7 Å². The van der Waals surface area contributed by atoms with E-state index >= 15 is 0 Å². The maximum absolute atomic E-state index is 12.9. The third-order valence-electron chi connectivity index (χ3n) is 7.14. The Morgan fingerprint density at radius 1 is 0.944 bits per heavy atom. The third-order valence-corrected chi connectivity index (χ3v) is 8.48. The first kappa shape index (κ1) is 23.5. The minimum atomic E-state index is -0.233. The van der Waals surface area contributed by atoms with Crippen molar-refractivity contribution in [1.82, 2.24) is 9.88 Å². The molecule has 3 aromatic carbocycles. The lowest BCUT2D eigenvalue weighted by Crippen LogP contribution is -2.38. The first-order valence-corrected chi connectivity index (χ1v) is 13.7. The van der Waals surface area contributed by atoms with Gasteiger partial charge >= 0.3 is 6.09 Å². The molecule has 2 heterocycles. The van der Waals surface area contributed by atoms with Crippen molar-refractivity contribution in [3.05, 3.63) is 99.0 Å². The van der Waals surface area contributed by atoms with Crippen molar-refractivity contribution in [3.63, 3.8) is 0 Å². The van der Waals surface area contributed by atoms with Crippen LogP contribution in [-0.4, -0.2) is 35.7 Å². The molecule has 1 saturated heterocycles. The van der Waals surface area contributed by atoms with E-state index < -0.39 is 0 Å². The van der Waals surface area contributed by atoms with Gasteiger partial charge in [0.2, 0.25) is 0 Å². The smallest absolute Gasteiger partial charge is 0.409 e. The number of halogens is 2.